The van der Waals surface area contributed by atoms with E-state index in [0.29, 0.717) is 11.7 Å². The second-order valence-corrected chi connectivity index (χ2v) is 5.77. The summed E-state index contributed by atoms with van der Waals surface area (Å²) in [6.07, 6.45) is 0. The van der Waals surface area contributed by atoms with Gasteiger partial charge in [0, 0.05) is 12.5 Å². The highest BCUT2D eigenvalue weighted by atomic mass is 32.1. The highest BCUT2D eigenvalue weighted by Crippen LogP contribution is 2.25. The minimum Gasteiger partial charge on any atom is -0.488 e. The second kappa shape index (κ2) is 6.72. The summed E-state index contributed by atoms with van der Waals surface area (Å²) in [7, 11) is 0. The molecule has 2 nitrogen and oxygen atoms in total. The summed E-state index contributed by atoms with van der Waals surface area (Å²) in [6, 6.07) is 12.0. The van der Waals surface area contributed by atoms with Gasteiger partial charge in [0.1, 0.15) is 18.1 Å². The van der Waals surface area contributed by atoms with Crippen molar-refractivity contribution in [1.29, 1.82) is 0 Å². The van der Waals surface area contributed by atoms with Crippen molar-refractivity contribution in [2.45, 2.75) is 34.3 Å². The van der Waals surface area contributed by atoms with E-state index in [1.165, 1.54) is 11.1 Å². The van der Waals surface area contributed by atoms with Crippen LogP contribution in [0, 0.1) is 20.8 Å². The summed E-state index contributed by atoms with van der Waals surface area (Å²) in [5.74, 6) is 1.67. The molecule has 0 amide bonds. The van der Waals surface area contributed by atoms with Gasteiger partial charge < -0.3 is 9.47 Å². The lowest BCUT2D eigenvalue weighted by Crippen LogP contribution is -2.04. The van der Waals surface area contributed by atoms with Crippen molar-refractivity contribution in [3.8, 4) is 11.5 Å². The molecule has 0 saturated carbocycles. The first-order valence-corrected chi connectivity index (χ1v) is 7.35. The van der Waals surface area contributed by atoms with Crippen molar-refractivity contribution < 1.29 is 9.47 Å². The monoisotopic (exact) mass is 300 g/mol. The van der Waals surface area contributed by atoms with Gasteiger partial charge in [-0.15, -0.1) is 0 Å². The molecular weight excluding hydrogens is 280 g/mol. The Morgan fingerprint density at radius 2 is 1.62 bits per heavy atom. The normalized spacial score (nSPS) is 10.3. The first-order chi connectivity index (χ1) is 9.97. The summed E-state index contributed by atoms with van der Waals surface area (Å²) in [5.41, 5.74) is 4.64. The molecule has 0 bridgehead atoms. The molecule has 2 rings (SSSR count). The third-order valence-electron chi connectivity index (χ3n) is 3.40. The van der Waals surface area contributed by atoms with Gasteiger partial charge in [-0.2, -0.15) is 0 Å². The first-order valence-electron chi connectivity index (χ1n) is 6.94. The summed E-state index contributed by atoms with van der Waals surface area (Å²) in [4.78, 5) is 0. The zero-order valence-electron chi connectivity index (χ0n) is 12.9. The van der Waals surface area contributed by atoms with Gasteiger partial charge in [0.05, 0.1) is 0 Å². The second-order valence-electron chi connectivity index (χ2n) is 5.19. The lowest BCUT2D eigenvalue weighted by Gasteiger charge is -2.14. The van der Waals surface area contributed by atoms with Gasteiger partial charge in [0.2, 0.25) is 0 Å². The standard InChI is InChI=1S/C18H20O2S/c1-12-9-14(3)18(10-13(12)2)19-11-16-7-5-6-8-17(16)20-15(4)21/h5-10H,11H2,1-4H3. The molecule has 0 aliphatic carbocycles. The van der Waals surface area contributed by atoms with Crippen LogP contribution >= 0.6 is 12.2 Å². The van der Waals surface area contributed by atoms with E-state index in [9.17, 15) is 0 Å². The van der Waals surface area contributed by atoms with E-state index in [2.05, 4.69) is 32.9 Å². The highest BCUT2D eigenvalue weighted by Gasteiger charge is 2.07. The largest absolute Gasteiger partial charge is 0.488 e. The molecule has 0 aliphatic rings. The minimum absolute atomic E-state index is 0.460. The number of aryl methyl sites for hydroxylation is 3. The average molecular weight is 300 g/mol. The van der Waals surface area contributed by atoms with Gasteiger partial charge in [-0.3, -0.25) is 0 Å². The lowest BCUT2D eigenvalue weighted by molar-refractivity contribution is 0.300. The van der Waals surface area contributed by atoms with Crippen LogP contribution < -0.4 is 9.47 Å². The van der Waals surface area contributed by atoms with Crippen molar-refractivity contribution in [3.63, 3.8) is 0 Å². The Labute approximate surface area is 131 Å². The number of rotatable bonds is 4. The SMILES string of the molecule is CC(=S)Oc1ccccc1COc1cc(C)c(C)cc1C. The number of para-hydroxylation sites is 1. The molecule has 0 heterocycles. The van der Waals surface area contributed by atoms with E-state index in [0.717, 1.165) is 22.6 Å². The molecule has 3 heteroatoms. The van der Waals surface area contributed by atoms with Crippen molar-refractivity contribution in [2.75, 3.05) is 0 Å². The van der Waals surface area contributed by atoms with Crippen LogP contribution in [0.25, 0.3) is 0 Å². The van der Waals surface area contributed by atoms with Gasteiger partial charge in [-0.1, -0.05) is 24.3 Å². The van der Waals surface area contributed by atoms with Gasteiger partial charge in [-0.25, -0.2) is 0 Å². The van der Waals surface area contributed by atoms with Gasteiger partial charge in [0.15, 0.2) is 5.05 Å². The fraction of sp³-hybridized carbons (Fsp3) is 0.278. The molecule has 0 aliphatic heterocycles. The van der Waals surface area contributed by atoms with Crippen LogP contribution in [0.5, 0.6) is 11.5 Å². The van der Waals surface area contributed by atoms with E-state index in [1.54, 1.807) is 6.92 Å². The van der Waals surface area contributed by atoms with Crippen LogP contribution in [0.2, 0.25) is 0 Å². The predicted octanol–water partition coefficient (Wildman–Crippen LogP) is 4.92. The smallest absolute Gasteiger partial charge is 0.164 e. The predicted molar refractivity (Wildman–Crippen MR) is 90.3 cm³/mol. The molecule has 0 fully saturated rings. The Morgan fingerprint density at radius 3 is 2.33 bits per heavy atom. The zero-order valence-corrected chi connectivity index (χ0v) is 13.7. The Hall–Kier alpha value is -1.87. The fourth-order valence-electron chi connectivity index (χ4n) is 2.12. The Bertz CT molecular complexity index is 662. The molecular formula is C18H20O2S. The van der Waals surface area contributed by atoms with Crippen LogP contribution in [0.3, 0.4) is 0 Å². The number of hydrogen-bond donors (Lipinski definition) is 0. The van der Waals surface area contributed by atoms with Crippen LogP contribution in [0.15, 0.2) is 36.4 Å². The third kappa shape index (κ3) is 4.05. The maximum atomic E-state index is 5.96. The average Bonchev–Trinajstić information content (AvgIpc) is 2.42. The van der Waals surface area contributed by atoms with Crippen molar-refractivity contribution >= 4 is 17.3 Å². The quantitative estimate of drug-likeness (QED) is 0.747. The number of hydrogen-bond acceptors (Lipinski definition) is 3. The van der Waals surface area contributed by atoms with Gasteiger partial charge >= 0.3 is 0 Å². The summed E-state index contributed by atoms with van der Waals surface area (Å²) in [5, 5.41) is 0.504. The van der Waals surface area contributed by atoms with Crippen molar-refractivity contribution in [3.05, 3.63) is 58.7 Å². The van der Waals surface area contributed by atoms with E-state index in [1.807, 2.05) is 24.3 Å². The lowest BCUT2D eigenvalue weighted by atomic mass is 10.1. The van der Waals surface area contributed by atoms with E-state index in [-0.39, 0.29) is 0 Å². The van der Waals surface area contributed by atoms with Crippen LogP contribution in [0.1, 0.15) is 29.2 Å². The Balaban J connectivity index is 2.17. The molecule has 2 aromatic carbocycles. The van der Waals surface area contributed by atoms with Crippen molar-refractivity contribution in [1.82, 2.24) is 0 Å². The fourth-order valence-corrected chi connectivity index (χ4v) is 2.21. The molecule has 0 spiro atoms. The molecule has 0 N–H and O–H groups in total. The molecule has 21 heavy (non-hydrogen) atoms. The minimum atomic E-state index is 0.460. The summed E-state index contributed by atoms with van der Waals surface area (Å²) < 4.78 is 11.5. The van der Waals surface area contributed by atoms with E-state index < -0.39 is 0 Å². The maximum Gasteiger partial charge on any atom is 0.164 e. The maximum absolute atomic E-state index is 5.96. The Kier molecular flexibility index (Phi) is 4.97. The first kappa shape index (κ1) is 15.5. The molecule has 0 saturated heterocycles. The van der Waals surface area contributed by atoms with Gasteiger partial charge in [-0.05, 0) is 61.8 Å². The van der Waals surface area contributed by atoms with E-state index in [4.69, 9.17) is 21.7 Å². The summed E-state index contributed by atoms with van der Waals surface area (Å²) >= 11 is 5.00. The molecule has 0 radical (unpaired) electrons. The van der Waals surface area contributed by atoms with Crippen LogP contribution in [0.4, 0.5) is 0 Å². The number of thiocarbonyl (C=S) groups is 1. The third-order valence-corrected chi connectivity index (χ3v) is 3.48. The molecule has 0 aromatic heterocycles. The van der Waals surface area contributed by atoms with E-state index >= 15 is 0 Å². The Morgan fingerprint density at radius 1 is 0.952 bits per heavy atom. The van der Waals surface area contributed by atoms with Crippen LogP contribution in [-0.2, 0) is 6.61 Å². The topological polar surface area (TPSA) is 18.5 Å². The number of benzene rings is 2. The van der Waals surface area contributed by atoms with Crippen LogP contribution in [-0.4, -0.2) is 5.05 Å². The molecule has 0 atom stereocenters. The zero-order chi connectivity index (χ0) is 15.4. The van der Waals surface area contributed by atoms with Gasteiger partial charge in [0.25, 0.3) is 0 Å². The molecule has 110 valence electrons. The highest BCUT2D eigenvalue weighted by molar-refractivity contribution is 7.80. The number of ether oxygens (including phenoxy) is 2. The molecule has 0 unspecified atom stereocenters. The summed E-state index contributed by atoms with van der Waals surface area (Å²) in [6.45, 7) is 8.49. The molecule has 2 aromatic rings. The van der Waals surface area contributed by atoms with Crippen molar-refractivity contribution in [2.24, 2.45) is 0 Å².